The zero-order valence-electron chi connectivity index (χ0n) is 14.4. The van der Waals surface area contributed by atoms with Crippen molar-refractivity contribution in [1.29, 1.82) is 0 Å². The van der Waals surface area contributed by atoms with Crippen molar-refractivity contribution >= 4 is 5.91 Å². The van der Waals surface area contributed by atoms with Gasteiger partial charge in [0.2, 0.25) is 0 Å². The minimum absolute atomic E-state index is 0.109. The molecule has 0 N–H and O–H groups in total. The predicted octanol–water partition coefficient (Wildman–Crippen LogP) is 1.92. The van der Waals surface area contributed by atoms with Gasteiger partial charge in [0.25, 0.3) is 11.5 Å². The van der Waals surface area contributed by atoms with Crippen molar-refractivity contribution in [3.63, 3.8) is 0 Å². The molecule has 26 heavy (non-hydrogen) atoms. The summed E-state index contributed by atoms with van der Waals surface area (Å²) in [5.41, 5.74) is 1.34. The molecule has 2 aromatic rings. The number of ether oxygens (including phenoxy) is 1. The lowest BCUT2D eigenvalue weighted by atomic mass is 10.1. The van der Waals surface area contributed by atoms with Crippen LogP contribution in [-0.4, -0.2) is 31.8 Å². The molecule has 1 aliphatic heterocycles. The van der Waals surface area contributed by atoms with Crippen LogP contribution in [0.25, 0.3) is 0 Å². The van der Waals surface area contributed by atoms with Crippen LogP contribution in [0.1, 0.15) is 34.1 Å². The standard InChI is InChI=1S/C16H17F3N4O3/c1-4-26-13-9(2)14(24)21(3)12-8-22(7-11(12)13)15(25)10-5-20-23(6-10)16(17,18)19/h5-6H,4,7-8H2,1-3H3. The Morgan fingerprint density at radius 1 is 1.35 bits per heavy atom. The van der Waals surface area contributed by atoms with Crippen molar-refractivity contribution in [1.82, 2.24) is 19.2 Å². The number of aromatic nitrogens is 3. The van der Waals surface area contributed by atoms with Gasteiger partial charge in [-0.3, -0.25) is 9.59 Å². The molecular weight excluding hydrogens is 353 g/mol. The van der Waals surface area contributed by atoms with E-state index in [4.69, 9.17) is 4.74 Å². The maximum Gasteiger partial charge on any atom is 0.504 e. The molecule has 0 fully saturated rings. The van der Waals surface area contributed by atoms with Gasteiger partial charge in [-0.2, -0.15) is 9.78 Å². The highest BCUT2D eigenvalue weighted by molar-refractivity contribution is 5.94. The minimum atomic E-state index is -4.68. The summed E-state index contributed by atoms with van der Waals surface area (Å²) < 4.78 is 44.8. The normalized spacial score (nSPS) is 13.8. The summed E-state index contributed by atoms with van der Waals surface area (Å²) in [5.74, 6) is -0.156. The molecule has 3 rings (SSSR count). The van der Waals surface area contributed by atoms with Crippen molar-refractivity contribution < 1.29 is 22.7 Å². The van der Waals surface area contributed by atoms with Crippen molar-refractivity contribution in [2.24, 2.45) is 7.05 Å². The van der Waals surface area contributed by atoms with E-state index in [-0.39, 0.29) is 28.9 Å². The fraction of sp³-hybridized carbons (Fsp3) is 0.438. The summed E-state index contributed by atoms with van der Waals surface area (Å²) in [4.78, 5) is 26.3. The molecule has 2 aromatic heterocycles. The van der Waals surface area contributed by atoms with Crippen LogP contribution >= 0.6 is 0 Å². The summed E-state index contributed by atoms with van der Waals surface area (Å²) in [6.07, 6.45) is -3.15. The van der Waals surface area contributed by atoms with E-state index >= 15 is 0 Å². The van der Waals surface area contributed by atoms with Gasteiger partial charge < -0.3 is 14.2 Å². The number of nitrogens with zero attached hydrogens (tertiary/aromatic N) is 4. The van der Waals surface area contributed by atoms with E-state index in [0.29, 0.717) is 35.4 Å². The second-order valence-corrected chi connectivity index (χ2v) is 5.98. The van der Waals surface area contributed by atoms with E-state index in [1.807, 2.05) is 0 Å². The molecule has 140 valence electrons. The number of halogens is 3. The number of hydrogen-bond donors (Lipinski definition) is 0. The molecule has 1 amide bonds. The zero-order valence-corrected chi connectivity index (χ0v) is 14.4. The first-order valence-electron chi connectivity index (χ1n) is 7.90. The average Bonchev–Trinajstić information content (AvgIpc) is 3.23. The van der Waals surface area contributed by atoms with Gasteiger partial charge in [-0.05, 0) is 13.8 Å². The molecule has 0 aromatic carbocycles. The maximum atomic E-state index is 12.7. The Morgan fingerprint density at radius 3 is 2.62 bits per heavy atom. The van der Waals surface area contributed by atoms with Crippen LogP contribution in [-0.2, 0) is 26.4 Å². The lowest BCUT2D eigenvalue weighted by molar-refractivity contribution is -0.212. The topological polar surface area (TPSA) is 69.4 Å². The molecule has 1 aliphatic rings. The van der Waals surface area contributed by atoms with Crippen molar-refractivity contribution in [2.75, 3.05) is 6.61 Å². The third kappa shape index (κ3) is 2.85. The summed E-state index contributed by atoms with van der Waals surface area (Å²) in [7, 11) is 1.60. The first-order chi connectivity index (χ1) is 12.1. The molecule has 0 unspecified atom stereocenters. The van der Waals surface area contributed by atoms with Crippen LogP contribution in [0.3, 0.4) is 0 Å². The number of fused-ring (bicyclic) bond motifs is 1. The van der Waals surface area contributed by atoms with E-state index in [1.54, 1.807) is 20.9 Å². The molecular formula is C16H17F3N4O3. The van der Waals surface area contributed by atoms with Gasteiger partial charge in [-0.15, -0.1) is 13.2 Å². The second kappa shape index (κ2) is 6.19. The number of rotatable bonds is 3. The quantitative estimate of drug-likeness (QED) is 0.828. The zero-order chi connectivity index (χ0) is 19.2. The molecule has 3 heterocycles. The van der Waals surface area contributed by atoms with Crippen molar-refractivity contribution in [2.45, 2.75) is 33.2 Å². The number of amides is 1. The van der Waals surface area contributed by atoms with E-state index in [9.17, 15) is 22.8 Å². The van der Waals surface area contributed by atoms with Gasteiger partial charge in [-0.25, -0.2) is 0 Å². The first kappa shape index (κ1) is 18.0. The molecule has 0 aliphatic carbocycles. The van der Waals surface area contributed by atoms with E-state index in [2.05, 4.69) is 5.10 Å². The first-order valence-corrected chi connectivity index (χ1v) is 7.90. The highest BCUT2D eigenvalue weighted by Crippen LogP contribution is 2.32. The summed E-state index contributed by atoms with van der Waals surface area (Å²) in [5, 5.41) is 3.19. The van der Waals surface area contributed by atoms with Crippen LogP contribution in [0.2, 0.25) is 0 Å². The van der Waals surface area contributed by atoms with Crippen LogP contribution in [0.4, 0.5) is 13.2 Å². The molecule has 7 nitrogen and oxygen atoms in total. The average molecular weight is 370 g/mol. The number of carbonyl (C=O) groups excluding carboxylic acids is 1. The Morgan fingerprint density at radius 2 is 2.04 bits per heavy atom. The lowest BCUT2D eigenvalue weighted by Gasteiger charge is -2.14. The Balaban J connectivity index is 1.94. The Hall–Kier alpha value is -2.78. The third-order valence-electron chi connectivity index (χ3n) is 4.35. The lowest BCUT2D eigenvalue weighted by Crippen LogP contribution is -2.26. The van der Waals surface area contributed by atoms with Crippen LogP contribution in [0.15, 0.2) is 17.2 Å². The smallest absolute Gasteiger partial charge is 0.493 e. The van der Waals surface area contributed by atoms with Crippen molar-refractivity contribution in [3.8, 4) is 5.75 Å². The van der Waals surface area contributed by atoms with Crippen LogP contribution in [0, 0.1) is 6.92 Å². The maximum absolute atomic E-state index is 12.7. The number of hydrogen-bond acceptors (Lipinski definition) is 4. The van der Waals surface area contributed by atoms with E-state index < -0.39 is 12.2 Å². The molecule has 0 atom stereocenters. The molecule has 0 saturated carbocycles. The molecule has 0 radical (unpaired) electrons. The predicted molar refractivity (Wildman–Crippen MR) is 84.7 cm³/mol. The number of alkyl halides is 3. The van der Waals surface area contributed by atoms with Gasteiger partial charge in [0.15, 0.2) is 0 Å². The fourth-order valence-corrected chi connectivity index (χ4v) is 3.06. The van der Waals surface area contributed by atoms with E-state index in [0.717, 1.165) is 6.20 Å². The van der Waals surface area contributed by atoms with Gasteiger partial charge in [-0.1, -0.05) is 0 Å². The third-order valence-corrected chi connectivity index (χ3v) is 4.35. The summed E-state index contributed by atoms with van der Waals surface area (Å²) >= 11 is 0. The van der Waals surface area contributed by atoms with Crippen LogP contribution in [0.5, 0.6) is 5.75 Å². The Kier molecular flexibility index (Phi) is 4.29. The van der Waals surface area contributed by atoms with Gasteiger partial charge in [0.1, 0.15) is 5.75 Å². The molecule has 0 bridgehead atoms. The monoisotopic (exact) mass is 370 g/mol. The van der Waals surface area contributed by atoms with Gasteiger partial charge >= 0.3 is 6.30 Å². The molecule has 10 heteroatoms. The highest BCUT2D eigenvalue weighted by Gasteiger charge is 2.35. The Labute approximate surface area is 146 Å². The number of carbonyl (C=O) groups is 1. The van der Waals surface area contributed by atoms with Gasteiger partial charge in [0.05, 0.1) is 37.0 Å². The summed E-state index contributed by atoms with van der Waals surface area (Å²) in [6.45, 7) is 4.04. The van der Waals surface area contributed by atoms with Crippen molar-refractivity contribution in [3.05, 3.63) is 45.1 Å². The summed E-state index contributed by atoms with van der Waals surface area (Å²) in [6, 6.07) is 0. The largest absolute Gasteiger partial charge is 0.504 e. The molecule has 0 spiro atoms. The van der Waals surface area contributed by atoms with E-state index in [1.165, 1.54) is 9.47 Å². The van der Waals surface area contributed by atoms with Gasteiger partial charge in [0, 0.05) is 24.5 Å². The SMILES string of the molecule is CCOc1c2c(n(C)c(=O)c1C)CN(C(=O)c1cnn(C(F)(F)F)c1)C2. The van der Waals surface area contributed by atoms with Crippen LogP contribution < -0.4 is 10.3 Å². The minimum Gasteiger partial charge on any atom is -0.493 e. The molecule has 0 saturated heterocycles. The second-order valence-electron chi connectivity index (χ2n) is 5.98. The Bertz CT molecular complexity index is 930. The number of pyridine rings is 1. The highest BCUT2D eigenvalue weighted by atomic mass is 19.4. The fourth-order valence-electron chi connectivity index (χ4n) is 3.06.